The Kier molecular flexibility index (Phi) is 4.48. The highest BCUT2D eigenvalue weighted by Crippen LogP contribution is 2.53. The summed E-state index contributed by atoms with van der Waals surface area (Å²) in [7, 11) is 0. The number of amides is 1. The third kappa shape index (κ3) is 2.62. The molecule has 1 aromatic rings. The van der Waals surface area contributed by atoms with Crippen molar-refractivity contribution in [2.45, 2.75) is 30.7 Å². The van der Waals surface area contributed by atoms with Gasteiger partial charge in [-0.15, -0.1) is 0 Å². The van der Waals surface area contributed by atoms with Gasteiger partial charge in [0.15, 0.2) is 11.4 Å². The van der Waals surface area contributed by atoms with E-state index in [9.17, 15) is 48.0 Å². The van der Waals surface area contributed by atoms with Crippen LogP contribution in [-0.4, -0.2) is 49.5 Å². The predicted octanol–water partition coefficient (Wildman–Crippen LogP) is 0.380. The molecule has 170 valence electrons. The number of primary amides is 1. The first-order valence-corrected chi connectivity index (χ1v) is 9.38. The number of aliphatic hydroxyl groups excluding tert-OH is 2. The number of phenolic OH excluding ortho intramolecular Hbond substituents is 1. The molecule has 9 nitrogen and oxygen atoms in total. The number of alkyl halides is 3. The first kappa shape index (κ1) is 21.8. The normalized spacial score (nSPS) is 30.1. The summed E-state index contributed by atoms with van der Waals surface area (Å²) in [6.07, 6.45) is -5.68. The van der Waals surface area contributed by atoms with Gasteiger partial charge >= 0.3 is 6.18 Å². The van der Waals surface area contributed by atoms with Crippen molar-refractivity contribution in [3.8, 4) is 5.75 Å². The summed E-state index contributed by atoms with van der Waals surface area (Å²) in [5.41, 5.74) is 4.16. The van der Waals surface area contributed by atoms with Crippen LogP contribution in [0.4, 0.5) is 13.2 Å². The number of ketones is 2. The molecule has 12 heteroatoms. The van der Waals surface area contributed by atoms with Crippen molar-refractivity contribution >= 4 is 23.2 Å². The SMILES string of the molecule is NC(=O)C1=C(O)[C@@]2(O)C(=O)C3=C(O)c4c(O)ccc(C(F)(F)F)c4C[C@H]3C[C@H]2[C@H](N)C1=O. The molecule has 32 heavy (non-hydrogen) atoms. The number of fused-ring (bicyclic) bond motifs is 3. The fourth-order valence-electron chi connectivity index (χ4n) is 4.98. The van der Waals surface area contributed by atoms with E-state index in [0.717, 1.165) is 0 Å². The zero-order valence-corrected chi connectivity index (χ0v) is 16.1. The third-order valence-corrected chi connectivity index (χ3v) is 6.44. The van der Waals surface area contributed by atoms with Crippen LogP contribution in [0.2, 0.25) is 0 Å². The Morgan fingerprint density at radius 2 is 1.78 bits per heavy atom. The average molecular weight is 454 g/mol. The number of rotatable bonds is 1. The number of aromatic hydroxyl groups is 1. The zero-order chi connectivity index (χ0) is 23.9. The Balaban J connectivity index is 1.98. The maximum absolute atomic E-state index is 13.5. The van der Waals surface area contributed by atoms with Gasteiger partial charge in [0.1, 0.15) is 22.8 Å². The van der Waals surface area contributed by atoms with Crippen LogP contribution in [0.25, 0.3) is 5.76 Å². The molecule has 3 aliphatic rings. The number of carbonyl (C=O) groups excluding carboxylic acids is 3. The van der Waals surface area contributed by atoms with Gasteiger partial charge in [-0.2, -0.15) is 13.2 Å². The van der Waals surface area contributed by atoms with Crippen molar-refractivity contribution in [2.24, 2.45) is 23.3 Å². The fourth-order valence-corrected chi connectivity index (χ4v) is 4.98. The average Bonchev–Trinajstić information content (AvgIpc) is 2.67. The molecule has 1 amide bonds. The number of carbonyl (C=O) groups is 3. The maximum Gasteiger partial charge on any atom is 0.416 e. The summed E-state index contributed by atoms with van der Waals surface area (Å²) in [6, 6.07) is -0.322. The number of nitrogens with two attached hydrogens (primary N) is 2. The topological polar surface area (TPSA) is 184 Å². The molecule has 0 saturated heterocycles. The van der Waals surface area contributed by atoms with Crippen LogP contribution in [0.5, 0.6) is 5.75 Å². The minimum Gasteiger partial charge on any atom is -0.508 e. The van der Waals surface area contributed by atoms with Gasteiger partial charge in [-0.3, -0.25) is 14.4 Å². The molecule has 0 bridgehead atoms. The van der Waals surface area contributed by atoms with Crippen molar-refractivity contribution in [3.63, 3.8) is 0 Å². The van der Waals surface area contributed by atoms with Gasteiger partial charge in [0, 0.05) is 11.5 Å². The van der Waals surface area contributed by atoms with E-state index < -0.39 is 98.7 Å². The molecule has 1 saturated carbocycles. The van der Waals surface area contributed by atoms with E-state index in [2.05, 4.69) is 0 Å². The van der Waals surface area contributed by atoms with Gasteiger partial charge in [0.25, 0.3) is 5.91 Å². The number of hydrogen-bond acceptors (Lipinski definition) is 8. The number of aliphatic hydroxyl groups is 3. The molecule has 4 atom stereocenters. The molecule has 0 radical (unpaired) electrons. The lowest BCUT2D eigenvalue weighted by atomic mass is 9.57. The summed E-state index contributed by atoms with van der Waals surface area (Å²) in [5.74, 6) is -9.60. The van der Waals surface area contributed by atoms with E-state index in [1.807, 2.05) is 0 Å². The highest BCUT2D eigenvalue weighted by atomic mass is 19.4. The van der Waals surface area contributed by atoms with E-state index in [4.69, 9.17) is 11.5 Å². The molecular weight excluding hydrogens is 437 g/mol. The molecule has 1 aromatic carbocycles. The van der Waals surface area contributed by atoms with Crippen molar-refractivity contribution in [1.82, 2.24) is 0 Å². The standard InChI is InChI=1S/C20H17F3N2O7/c21-20(22,23)7-1-2-9(26)11-6(7)3-5-4-8-13(24)15(28)12(18(25)31)17(30)19(8,32)16(29)10(5)14(11)27/h1-2,5,8,13,26-27,30,32H,3-4,24H2,(H2,25,31)/t5-,8-,13-,19-/m0/s1. The minimum absolute atomic E-state index is 0.378. The van der Waals surface area contributed by atoms with Gasteiger partial charge in [0.2, 0.25) is 5.78 Å². The van der Waals surface area contributed by atoms with Crippen LogP contribution in [0, 0.1) is 11.8 Å². The predicted molar refractivity (Wildman–Crippen MR) is 99.7 cm³/mol. The second-order valence-electron chi connectivity index (χ2n) is 8.06. The van der Waals surface area contributed by atoms with Crippen molar-refractivity contribution in [3.05, 3.63) is 45.7 Å². The molecule has 1 fully saturated rings. The summed E-state index contributed by atoms with van der Waals surface area (Å²) in [5, 5.41) is 42.4. The van der Waals surface area contributed by atoms with Crippen LogP contribution >= 0.6 is 0 Å². The maximum atomic E-state index is 13.5. The Bertz CT molecular complexity index is 1170. The molecule has 4 rings (SSSR count). The smallest absolute Gasteiger partial charge is 0.416 e. The lowest BCUT2D eigenvalue weighted by Crippen LogP contribution is -2.65. The van der Waals surface area contributed by atoms with Gasteiger partial charge in [-0.1, -0.05) is 0 Å². The number of phenols is 1. The Hall–Kier alpha value is -3.38. The monoisotopic (exact) mass is 454 g/mol. The van der Waals surface area contributed by atoms with Gasteiger partial charge < -0.3 is 31.9 Å². The number of hydrogen-bond donors (Lipinski definition) is 6. The second kappa shape index (κ2) is 6.56. The van der Waals surface area contributed by atoms with Gasteiger partial charge in [0.05, 0.1) is 17.2 Å². The first-order chi connectivity index (χ1) is 14.7. The van der Waals surface area contributed by atoms with E-state index >= 15 is 0 Å². The number of halogens is 3. The van der Waals surface area contributed by atoms with Crippen molar-refractivity contribution in [2.75, 3.05) is 0 Å². The summed E-state index contributed by atoms with van der Waals surface area (Å²) in [6.45, 7) is 0. The van der Waals surface area contributed by atoms with Crippen LogP contribution in [0.15, 0.2) is 29.0 Å². The highest BCUT2D eigenvalue weighted by molar-refractivity contribution is 6.24. The quantitative estimate of drug-likeness (QED) is 0.329. The van der Waals surface area contributed by atoms with E-state index in [1.54, 1.807) is 0 Å². The summed E-state index contributed by atoms with van der Waals surface area (Å²) >= 11 is 0. The first-order valence-electron chi connectivity index (χ1n) is 9.38. The lowest BCUT2D eigenvalue weighted by Gasteiger charge is -2.48. The van der Waals surface area contributed by atoms with Crippen LogP contribution in [0.1, 0.15) is 23.1 Å². The van der Waals surface area contributed by atoms with Gasteiger partial charge in [-0.05, 0) is 36.5 Å². The molecule has 3 aliphatic carbocycles. The van der Waals surface area contributed by atoms with Crippen LogP contribution in [0.3, 0.4) is 0 Å². The Labute approximate surface area is 177 Å². The molecular formula is C20H17F3N2O7. The molecule has 0 spiro atoms. The van der Waals surface area contributed by atoms with Crippen molar-refractivity contribution < 1.29 is 48.0 Å². The zero-order valence-electron chi connectivity index (χ0n) is 16.1. The largest absolute Gasteiger partial charge is 0.508 e. The van der Waals surface area contributed by atoms with E-state index in [1.165, 1.54) is 0 Å². The molecule has 0 aliphatic heterocycles. The fraction of sp³-hybridized carbons (Fsp3) is 0.350. The van der Waals surface area contributed by atoms with Gasteiger partial charge in [-0.25, -0.2) is 0 Å². The Morgan fingerprint density at radius 3 is 2.34 bits per heavy atom. The Morgan fingerprint density at radius 1 is 1.16 bits per heavy atom. The van der Waals surface area contributed by atoms with Crippen molar-refractivity contribution in [1.29, 1.82) is 0 Å². The molecule has 0 unspecified atom stereocenters. The summed E-state index contributed by atoms with van der Waals surface area (Å²) < 4.78 is 40.5. The minimum atomic E-state index is -4.83. The molecule has 0 aromatic heterocycles. The third-order valence-electron chi connectivity index (χ3n) is 6.44. The van der Waals surface area contributed by atoms with E-state index in [-0.39, 0.29) is 6.42 Å². The lowest BCUT2D eigenvalue weighted by molar-refractivity contribution is -0.149. The summed E-state index contributed by atoms with van der Waals surface area (Å²) in [4.78, 5) is 37.3. The number of Topliss-reactive ketones (excluding diaryl/α,β-unsaturated/α-hetero) is 2. The number of benzene rings is 1. The van der Waals surface area contributed by atoms with E-state index in [0.29, 0.717) is 12.1 Å². The molecule has 8 N–H and O–H groups in total. The highest BCUT2D eigenvalue weighted by Gasteiger charge is 2.63. The van der Waals surface area contributed by atoms with Crippen LogP contribution < -0.4 is 11.5 Å². The van der Waals surface area contributed by atoms with Crippen LogP contribution in [-0.2, 0) is 27.0 Å². The second-order valence-corrected chi connectivity index (χ2v) is 8.06. The molecule has 0 heterocycles.